The van der Waals surface area contributed by atoms with Crippen LogP contribution in [0.4, 0.5) is 10.5 Å². The Labute approximate surface area is 160 Å². The number of benzene rings is 2. The lowest BCUT2D eigenvalue weighted by molar-refractivity contribution is 0.0505. The molecule has 0 radical (unpaired) electrons. The molecular weight excluding hydrogens is 340 g/mol. The summed E-state index contributed by atoms with van der Waals surface area (Å²) in [6.07, 6.45) is 2.76. The van der Waals surface area contributed by atoms with Gasteiger partial charge in [0.15, 0.2) is 0 Å². The highest BCUT2D eigenvalue weighted by Crippen LogP contribution is 2.34. The fourth-order valence-corrected chi connectivity index (χ4v) is 3.46. The van der Waals surface area contributed by atoms with E-state index < -0.39 is 0 Å². The fraction of sp³-hybridized carbons (Fsp3) is 0.364. The van der Waals surface area contributed by atoms with Gasteiger partial charge in [-0.05, 0) is 61.6 Å². The van der Waals surface area contributed by atoms with Gasteiger partial charge in [-0.15, -0.1) is 0 Å². The van der Waals surface area contributed by atoms with Crippen LogP contribution in [0.15, 0.2) is 48.5 Å². The summed E-state index contributed by atoms with van der Waals surface area (Å²) in [7, 11) is 0. The number of amides is 2. The van der Waals surface area contributed by atoms with Crippen molar-refractivity contribution < 1.29 is 14.3 Å². The molecule has 0 aliphatic carbocycles. The average molecular weight is 366 g/mol. The van der Waals surface area contributed by atoms with E-state index in [1.165, 1.54) is 11.1 Å². The third-order valence-electron chi connectivity index (χ3n) is 4.87. The van der Waals surface area contributed by atoms with Crippen LogP contribution >= 0.6 is 0 Å². The van der Waals surface area contributed by atoms with Crippen molar-refractivity contribution in [3.05, 3.63) is 65.2 Å². The van der Waals surface area contributed by atoms with Crippen LogP contribution in [0.3, 0.4) is 0 Å². The molecule has 5 heteroatoms. The van der Waals surface area contributed by atoms with Crippen molar-refractivity contribution in [3.8, 4) is 0 Å². The molecule has 3 rings (SSSR count). The van der Waals surface area contributed by atoms with Crippen LogP contribution in [0.5, 0.6) is 0 Å². The zero-order valence-corrected chi connectivity index (χ0v) is 15.9. The molecule has 0 spiro atoms. The van der Waals surface area contributed by atoms with Crippen molar-refractivity contribution in [2.45, 2.75) is 39.2 Å². The summed E-state index contributed by atoms with van der Waals surface area (Å²) in [5.74, 6) is -0.339. The normalized spacial score (nSPS) is 16.2. The molecule has 0 bridgehead atoms. The number of likely N-dealkylation sites (tertiary alicyclic amines) is 1. The first-order valence-corrected chi connectivity index (χ1v) is 9.50. The van der Waals surface area contributed by atoms with Crippen LogP contribution in [-0.2, 0) is 4.74 Å². The Bertz CT molecular complexity index is 801. The van der Waals surface area contributed by atoms with E-state index in [4.69, 9.17) is 4.74 Å². The molecule has 1 aliphatic rings. The van der Waals surface area contributed by atoms with Crippen LogP contribution in [-0.4, -0.2) is 30.1 Å². The number of nitrogens with one attached hydrogen (secondary N) is 1. The molecule has 1 atom stereocenters. The monoisotopic (exact) mass is 366 g/mol. The van der Waals surface area contributed by atoms with Crippen molar-refractivity contribution in [3.63, 3.8) is 0 Å². The van der Waals surface area contributed by atoms with E-state index in [1.54, 1.807) is 24.3 Å². The minimum absolute atomic E-state index is 0.106. The second-order valence-corrected chi connectivity index (χ2v) is 6.85. The molecule has 1 saturated heterocycles. The van der Waals surface area contributed by atoms with Crippen LogP contribution in [0.25, 0.3) is 0 Å². The zero-order valence-electron chi connectivity index (χ0n) is 15.9. The van der Waals surface area contributed by atoms with Crippen molar-refractivity contribution >= 4 is 17.7 Å². The molecule has 2 amide bonds. The van der Waals surface area contributed by atoms with Gasteiger partial charge in [-0.1, -0.05) is 31.2 Å². The molecule has 1 aliphatic heterocycles. The quantitative estimate of drug-likeness (QED) is 0.763. The minimum atomic E-state index is -0.339. The summed E-state index contributed by atoms with van der Waals surface area (Å²) < 4.78 is 5.12. The molecule has 0 aromatic heterocycles. The number of hydrogen-bond acceptors (Lipinski definition) is 3. The van der Waals surface area contributed by atoms with Gasteiger partial charge in [0.05, 0.1) is 18.2 Å². The third-order valence-corrected chi connectivity index (χ3v) is 4.87. The molecule has 142 valence electrons. The number of hydrogen-bond donors (Lipinski definition) is 1. The number of aryl methyl sites for hydroxylation is 1. The van der Waals surface area contributed by atoms with Crippen LogP contribution < -0.4 is 5.32 Å². The first kappa shape index (κ1) is 19.0. The number of carbonyl (C=O) groups excluding carboxylic acids is 2. The summed E-state index contributed by atoms with van der Waals surface area (Å²) in [6.45, 7) is 5.19. The molecule has 1 unspecified atom stereocenters. The van der Waals surface area contributed by atoms with Crippen LogP contribution in [0.1, 0.15) is 53.7 Å². The summed E-state index contributed by atoms with van der Waals surface area (Å²) in [5, 5.41) is 2.95. The maximum Gasteiger partial charge on any atom is 0.338 e. The molecule has 2 aromatic carbocycles. The molecule has 1 fully saturated rings. The minimum Gasteiger partial charge on any atom is -0.462 e. The number of anilines is 1. The number of carbonyl (C=O) groups is 2. The summed E-state index contributed by atoms with van der Waals surface area (Å²) >= 11 is 0. The second-order valence-electron chi connectivity index (χ2n) is 6.85. The van der Waals surface area contributed by atoms with E-state index in [9.17, 15) is 9.59 Å². The zero-order chi connectivity index (χ0) is 19.2. The summed E-state index contributed by atoms with van der Waals surface area (Å²) in [6, 6.07) is 15.0. The predicted octanol–water partition coefficient (Wildman–Crippen LogP) is 4.93. The highest BCUT2D eigenvalue weighted by atomic mass is 16.5. The third kappa shape index (κ3) is 4.48. The van der Waals surface area contributed by atoms with E-state index >= 15 is 0 Å². The van der Waals surface area contributed by atoms with Gasteiger partial charge in [0.2, 0.25) is 0 Å². The Morgan fingerprint density at radius 3 is 2.59 bits per heavy atom. The SMILES string of the molecule is CCCOC(=O)c1ccc(NC(=O)N2CCCC2c2ccccc2C)cc1. The Kier molecular flexibility index (Phi) is 6.12. The first-order valence-electron chi connectivity index (χ1n) is 9.50. The lowest BCUT2D eigenvalue weighted by Gasteiger charge is -2.26. The maximum atomic E-state index is 12.8. The number of urea groups is 1. The topological polar surface area (TPSA) is 58.6 Å². The summed E-state index contributed by atoms with van der Waals surface area (Å²) in [4.78, 5) is 26.5. The summed E-state index contributed by atoms with van der Waals surface area (Å²) in [5.41, 5.74) is 3.57. The van der Waals surface area contributed by atoms with E-state index in [0.29, 0.717) is 17.9 Å². The van der Waals surface area contributed by atoms with Gasteiger partial charge in [0.25, 0.3) is 0 Å². The molecule has 1 N–H and O–H groups in total. The second kappa shape index (κ2) is 8.71. The Morgan fingerprint density at radius 1 is 1.15 bits per heavy atom. The van der Waals surface area contributed by atoms with Gasteiger partial charge in [0, 0.05) is 12.2 Å². The Balaban J connectivity index is 1.66. The van der Waals surface area contributed by atoms with Gasteiger partial charge < -0.3 is 15.0 Å². The maximum absolute atomic E-state index is 12.8. The Hall–Kier alpha value is -2.82. The fourth-order valence-electron chi connectivity index (χ4n) is 3.46. The first-order chi connectivity index (χ1) is 13.1. The van der Waals surface area contributed by atoms with Crippen molar-refractivity contribution in [1.29, 1.82) is 0 Å². The number of ether oxygens (including phenoxy) is 1. The highest BCUT2D eigenvalue weighted by molar-refractivity contribution is 5.92. The molecule has 5 nitrogen and oxygen atoms in total. The smallest absolute Gasteiger partial charge is 0.338 e. The van der Waals surface area contributed by atoms with Gasteiger partial charge in [-0.3, -0.25) is 0 Å². The van der Waals surface area contributed by atoms with Crippen molar-refractivity contribution in [2.24, 2.45) is 0 Å². The van der Waals surface area contributed by atoms with E-state index in [0.717, 1.165) is 25.8 Å². The van der Waals surface area contributed by atoms with Crippen molar-refractivity contribution in [1.82, 2.24) is 4.90 Å². The van der Waals surface area contributed by atoms with Crippen LogP contribution in [0, 0.1) is 6.92 Å². The molecular formula is C22H26N2O3. The van der Waals surface area contributed by atoms with Crippen LogP contribution in [0.2, 0.25) is 0 Å². The van der Waals surface area contributed by atoms with Gasteiger partial charge in [0.1, 0.15) is 0 Å². The molecule has 27 heavy (non-hydrogen) atoms. The van der Waals surface area contributed by atoms with E-state index in [-0.39, 0.29) is 18.0 Å². The predicted molar refractivity (Wildman–Crippen MR) is 106 cm³/mol. The van der Waals surface area contributed by atoms with Gasteiger partial charge in [-0.2, -0.15) is 0 Å². The highest BCUT2D eigenvalue weighted by Gasteiger charge is 2.30. The standard InChI is InChI=1S/C22H26N2O3/c1-3-15-27-21(25)17-10-12-18(13-11-17)23-22(26)24-14-6-9-20(24)19-8-5-4-7-16(19)2/h4-5,7-8,10-13,20H,3,6,9,14-15H2,1-2H3,(H,23,26). The Morgan fingerprint density at radius 2 is 1.89 bits per heavy atom. The number of esters is 1. The average Bonchev–Trinajstić information content (AvgIpc) is 3.17. The molecule has 1 heterocycles. The molecule has 0 saturated carbocycles. The number of rotatable bonds is 5. The molecule has 2 aromatic rings. The van der Waals surface area contributed by atoms with E-state index in [1.807, 2.05) is 24.0 Å². The van der Waals surface area contributed by atoms with E-state index in [2.05, 4.69) is 24.4 Å². The lowest BCUT2D eigenvalue weighted by Crippen LogP contribution is -2.34. The van der Waals surface area contributed by atoms with Crippen molar-refractivity contribution in [2.75, 3.05) is 18.5 Å². The largest absolute Gasteiger partial charge is 0.462 e. The van der Waals surface area contributed by atoms with Gasteiger partial charge >= 0.3 is 12.0 Å². The number of nitrogens with zero attached hydrogens (tertiary/aromatic N) is 1. The van der Waals surface area contributed by atoms with Gasteiger partial charge in [-0.25, -0.2) is 9.59 Å². The lowest BCUT2D eigenvalue weighted by atomic mass is 9.99.